The first kappa shape index (κ1) is 15.1. The lowest BCUT2D eigenvalue weighted by Gasteiger charge is -2.25. The van der Waals surface area contributed by atoms with Gasteiger partial charge in [-0.2, -0.15) is 0 Å². The predicted octanol–water partition coefficient (Wildman–Crippen LogP) is 0.958. The Kier molecular flexibility index (Phi) is 4.49. The topological polar surface area (TPSA) is 65.7 Å². The lowest BCUT2D eigenvalue weighted by Crippen LogP contribution is -2.39. The van der Waals surface area contributed by atoms with E-state index in [9.17, 15) is 4.79 Å². The molecule has 1 fully saturated rings. The van der Waals surface area contributed by atoms with Crippen molar-refractivity contribution in [3.05, 3.63) is 4.88 Å². The van der Waals surface area contributed by atoms with Gasteiger partial charge in [0.15, 0.2) is 5.13 Å². The third kappa shape index (κ3) is 3.04. The summed E-state index contributed by atoms with van der Waals surface area (Å²) in [6.07, 6.45) is 2.35. The first-order valence-corrected chi connectivity index (χ1v) is 7.61. The van der Waals surface area contributed by atoms with E-state index in [1.165, 1.54) is 17.8 Å². The zero-order chi connectivity index (χ0) is 14.9. The number of nitrogen functional groups attached to an aromatic ring is 1. The van der Waals surface area contributed by atoms with Crippen molar-refractivity contribution in [2.45, 2.75) is 18.9 Å². The highest BCUT2D eigenvalue weighted by molar-refractivity contribution is 7.18. The van der Waals surface area contributed by atoms with Crippen molar-refractivity contribution in [1.82, 2.24) is 14.8 Å². The van der Waals surface area contributed by atoms with Crippen LogP contribution in [0, 0.1) is 0 Å². The fraction of sp³-hybridized carbons (Fsp3) is 0.692. The standard InChI is InChI=1S/C13H23N5OS/c1-16(2)13-15-11(14)10(20-13)12(19)18(4)8-9-6-5-7-17(9)3/h9H,5-8,14H2,1-4H3. The number of aromatic nitrogens is 1. The normalized spacial score (nSPS) is 19.3. The summed E-state index contributed by atoms with van der Waals surface area (Å²) in [7, 11) is 7.73. The minimum absolute atomic E-state index is 0.0339. The summed E-state index contributed by atoms with van der Waals surface area (Å²) in [5.41, 5.74) is 5.87. The van der Waals surface area contributed by atoms with Crippen LogP contribution >= 0.6 is 11.3 Å². The molecule has 7 heteroatoms. The van der Waals surface area contributed by atoms with Gasteiger partial charge in [-0.25, -0.2) is 4.98 Å². The zero-order valence-corrected chi connectivity index (χ0v) is 13.4. The van der Waals surface area contributed by atoms with Crippen LogP contribution in [0.5, 0.6) is 0 Å². The van der Waals surface area contributed by atoms with Gasteiger partial charge in [-0.1, -0.05) is 11.3 Å². The van der Waals surface area contributed by atoms with E-state index < -0.39 is 0 Å². The summed E-state index contributed by atoms with van der Waals surface area (Å²) in [4.78, 5) is 23.2. The highest BCUT2D eigenvalue weighted by Crippen LogP contribution is 2.28. The van der Waals surface area contributed by atoms with Gasteiger partial charge < -0.3 is 20.4 Å². The molecule has 6 nitrogen and oxygen atoms in total. The molecule has 0 aliphatic carbocycles. The smallest absolute Gasteiger partial charge is 0.267 e. The van der Waals surface area contributed by atoms with Crippen LogP contribution in [0.25, 0.3) is 0 Å². The number of amides is 1. The van der Waals surface area contributed by atoms with Gasteiger partial charge >= 0.3 is 0 Å². The largest absolute Gasteiger partial charge is 0.382 e. The van der Waals surface area contributed by atoms with E-state index in [4.69, 9.17) is 5.73 Å². The molecule has 1 aliphatic heterocycles. The molecule has 112 valence electrons. The molecular formula is C13H23N5OS. The molecule has 1 unspecified atom stereocenters. The number of rotatable bonds is 4. The quantitative estimate of drug-likeness (QED) is 0.896. The van der Waals surface area contributed by atoms with Gasteiger partial charge in [-0.15, -0.1) is 0 Å². The van der Waals surface area contributed by atoms with Gasteiger partial charge in [0.25, 0.3) is 5.91 Å². The molecule has 1 atom stereocenters. The van der Waals surface area contributed by atoms with Crippen molar-refractivity contribution >= 4 is 28.2 Å². The van der Waals surface area contributed by atoms with Crippen LogP contribution < -0.4 is 10.6 Å². The van der Waals surface area contributed by atoms with Crippen LogP contribution in [-0.2, 0) is 0 Å². The second kappa shape index (κ2) is 5.97. The lowest BCUT2D eigenvalue weighted by atomic mass is 10.2. The van der Waals surface area contributed by atoms with Crippen molar-refractivity contribution in [2.24, 2.45) is 0 Å². The van der Waals surface area contributed by atoms with E-state index in [-0.39, 0.29) is 5.91 Å². The monoisotopic (exact) mass is 297 g/mol. The average Bonchev–Trinajstić information content (AvgIpc) is 2.95. The van der Waals surface area contributed by atoms with Crippen LogP contribution in [0.1, 0.15) is 22.5 Å². The van der Waals surface area contributed by atoms with Gasteiger partial charge in [0.1, 0.15) is 10.7 Å². The number of anilines is 2. The Balaban J connectivity index is 2.06. The van der Waals surface area contributed by atoms with Gasteiger partial charge in [0.05, 0.1) is 0 Å². The SMILES string of the molecule is CN(CC1CCCN1C)C(=O)c1sc(N(C)C)nc1N. The summed E-state index contributed by atoms with van der Waals surface area (Å²) in [5, 5.41) is 0.761. The van der Waals surface area contributed by atoms with Crippen molar-refractivity contribution < 1.29 is 4.79 Å². The van der Waals surface area contributed by atoms with Crippen molar-refractivity contribution in [1.29, 1.82) is 0 Å². The molecule has 1 aliphatic rings. The first-order chi connectivity index (χ1) is 9.40. The van der Waals surface area contributed by atoms with Crippen LogP contribution in [0.3, 0.4) is 0 Å². The molecule has 0 bridgehead atoms. The predicted molar refractivity (Wildman–Crippen MR) is 83.5 cm³/mol. The van der Waals surface area contributed by atoms with Gasteiger partial charge in [-0.05, 0) is 26.4 Å². The van der Waals surface area contributed by atoms with E-state index in [1.54, 1.807) is 4.90 Å². The molecule has 2 rings (SSSR count). The molecule has 0 aromatic carbocycles. The number of nitrogens with zero attached hydrogens (tertiary/aromatic N) is 4. The van der Waals surface area contributed by atoms with Gasteiger partial charge in [-0.3, -0.25) is 4.79 Å². The molecule has 20 heavy (non-hydrogen) atoms. The van der Waals surface area contributed by atoms with Crippen LogP contribution in [0.2, 0.25) is 0 Å². The Bertz CT molecular complexity index is 487. The van der Waals surface area contributed by atoms with Crippen LogP contribution in [0.15, 0.2) is 0 Å². The third-order valence-electron chi connectivity index (χ3n) is 3.72. The van der Waals surface area contributed by atoms with Crippen molar-refractivity contribution in [3.8, 4) is 0 Å². The van der Waals surface area contributed by atoms with Gasteiger partial charge in [0, 0.05) is 33.7 Å². The maximum atomic E-state index is 12.5. The van der Waals surface area contributed by atoms with Gasteiger partial charge in [0.2, 0.25) is 0 Å². The number of hydrogen-bond acceptors (Lipinski definition) is 6. The molecular weight excluding hydrogens is 274 g/mol. The molecule has 1 amide bonds. The summed E-state index contributed by atoms with van der Waals surface area (Å²) >= 11 is 1.35. The summed E-state index contributed by atoms with van der Waals surface area (Å²) < 4.78 is 0. The Morgan fingerprint density at radius 2 is 2.20 bits per heavy atom. The number of likely N-dealkylation sites (N-methyl/N-ethyl adjacent to an activating group) is 2. The highest BCUT2D eigenvalue weighted by atomic mass is 32.1. The summed E-state index contributed by atoms with van der Waals surface area (Å²) in [6, 6.07) is 0.450. The minimum Gasteiger partial charge on any atom is -0.382 e. The molecule has 2 N–H and O–H groups in total. The zero-order valence-electron chi connectivity index (χ0n) is 12.6. The third-order valence-corrected chi connectivity index (χ3v) is 4.95. The summed E-state index contributed by atoms with van der Waals surface area (Å²) in [6.45, 7) is 1.85. The maximum absolute atomic E-state index is 12.5. The molecule has 1 aromatic heterocycles. The number of hydrogen-bond donors (Lipinski definition) is 1. The van der Waals surface area contributed by atoms with E-state index >= 15 is 0 Å². The second-order valence-corrected chi connectivity index (χ2v) is 6.55. The van der Waals surface area contributed by atoms with E-state index in [1.807, 2.05) is 26.0 Å². The van der Waals surface area contributed by atoms with Crippen molar-refractivity contribution in [2.75, 3.05) is 51.9 Å². The van der Waals surface area contributed by atoms with E-state index in [0.717, 1.165) is 24.6 Å². The number of carbonyl (C=O) groups excluding carboxylic acids is 1. The number of likely N-dealkylation sites (tertiary alicyclic amines) is 1. The van der Waals surface area contributed by atoms with Crippen molar-refractivity contribution in [3.63, 3.8) is 0 Å². The second-order valence-electron chi connectivity index (χ2n) is 5.57. The first-order valence-electron chi connectivity index (χ1n) is 6.79. The minimum atomic E-state index is -0.0339. The van der Waals surface area contributed by atoms with E-state index in [0.29, 0.717) is 16.7 Å². The molecule has 0 spiro atoms. The molecule has 0 radical (unpaired) electrons. The van der Waals surface area contributed by atoms with E-state index in [2.05, 4.69) is 16.9 Å². The average molecular weight is 297 g/mol. The number of carbonyl (C=O) groups is 1. The molecule has 1 aromatic rings. The molecule has 2 heterocycles. The van der Waals surface area contributed by atoms with Crippen LogP contribution in [0.4, 0.5) is 10.9 Å². The highest BCUT2D eigenvalue weighted by Gasteiger charge is 2.26. The maximum Gasteiger partial charge on any atom is 0.267 e. The fourth-order valence-electron chi connectivity index (χ4n) is 2.45. The lowest BCUT2D eigenvalue weighted by molar-refractivity contribution is 0.0767. The van der Waals surface area contributed by atoms with Crippen LogP contribution in [-0.4, -0.2) is 68.0 Å². The Morgan fingerprint density at radius 1 is 1.50 bits per heavy atom. The Morgan fingerprint density at radius 3 is 2.70 bits per heavy atom. The number of nitrogens with two attached hydrogens (primary N) is 1. The Hall–Kier alpha value is -1.34. The molecule has 1 saturated heterocycles. The Labute approximate surface area is 124 Å². The summed E-state index contributed by atoms with van der Waals surface area (Å²) in [5.74, 6) is 0.295. The fourth-order valence-corrected chi connectivity index (χ4v) is 3.35. The molecule has 0 saturated carbocycles. The number of thiazole rings is 1.